The van der Waals surface area contributed by atoms with E-state index in [4.69, 9.17) is 0 Å². The second-order valence-corrected chi connectivity index (χ2v) is 9.21. The zero-order valence-electron chi connectivity index (χ0n) is 17.4. The third-order valence-electron chi connectivity index (χ3n) is 7.48. The van der Waals surface area contributed by atoms with Crippen LogP contribution in [0.2, 0.25) is 0 Å². The lowest BCUT2D eigenvalue weighted by Crippen LogP contribution is -2.38. The molecule has 4 atom stereocenters. The Hall–Kier alpha value is -2.42. The van der Waals surface area contributed by atoms with Gasteiger partial charge < -0.3 is 4.90 Å². The molecule has 4 unspecified atom stereocenters. The second kappa shape index (κ2) is 7.12. The van der Waals surface area contributed by atoms with Crippen LogP contribution in [0.1, 0.15) is 72.0 Å². The number of fused-ring (bicyclic) bond motifs is 2. The van der Waals surface area contributed by atoms with E-state index < -0.39 is 0 Å². The predicted molar refractivity (Wildman–Crippen MR) is 115 cm³/mol. The molecule has 5 rings (SSSR count). The molecule has 3 aliphatic rings. The smallest absolute Gasteiger partial charge is 0.231 e. The van der Waals surface area contributed by atoms with E-state index >= 15 is 0 Å². The highest BCUT2D eigenvalue weighted by molar-refractivity contribution is 5.99. The average molecular weight is 388 g/mol. The third kappa shape index (κ3) is 3.02. The Labute approximate surface area is 173 Å². The van der Waals surface area contributed by atoms with E-state index in [-0.39, 0.29) is 17.7 Å². The molecule has 2 aromatic rings. The number of hydrogen-bond acceptors (Lipinski definition) is 2. The molecule has 0 N–H and O–H groups in total. The van der Waals surface area contributed by atoms with Crippen LogP contribution in [0.25, 0.3) is 0 Å². The van der Waals surface area contributed by atoms with Crippen molar-refractivity contribution < 1.29 is 9.59 Å². The maximum atomic E-state index is 13.6. The molecule has 0 aromatic heterocycles. The van der Waals surface area contributed by atoms with Crippen LogP contribution in [0, 0.1) is 18.8 Å². The Morgan fingerprint density at radius 2 is 1.72 bits per heavy atom. The van der Waals surface area contributed by atoms with Crippen LogP contribution in [-0.4, -0.2) is 17.7 Å². The van der Waals surface area contributed by atoms with Gasteiger partial charge in [0, 0.05) is 23.2 Å². The number of amides is 1. The lowest BCUT2D eigenvalue weighted by atomic mass is 9.64. The number of aryl methyl sites for hydroxylation is 1. The minimum atomic E-state index is 0.0695. The molecule has 1 heterocycles. The summed E-state index contributed by atoms with van der Waals surface area (Å²) in [5.74, 6) is 1.24. The van der Waals surface area contributed by atoms with Crippen molar-refractivity contribution in [1.29, 1.82) is 0 Å². The Morgan fingerprint density at radius 3 is 2.48 bits per heavy atom. The largest absolute Gasteiger partial charge is 0.309 e. The van der Waals surface area contributed by atoms with E-state index in [2.05, 4.69) is 48.2 Å². The number of nitrogens with zero attached hydrogens (tertiary/aromatic N) is 1. The van der Waals surface area contributed by atoms with Gasteiger partial charge in [0.25, 0.3) is 0 Å². The summed E-state index contributed by atoms with van der Waals surface area (Å²) >= 11 is 0. The number of ketones is 1. The molecule has 1 aliphatic heterocycles. The Balaban J connectivity index is 1.60. The van der Waals surface area contributed by atoms with Gasteiger partial charge in [0.05, 0.1) is 0 Å². The van der Waals surface area contributed by atoms with Gasteiger partial charge >= 0.3 is 0 Å². The van der Waals surface area contributed by atoms with Crippen LogP contribution in [0.15, 0.2) is 42.5 Å². The lowest BCUT2D eigenvalue weighted by Gasteiger charge is -2.39. The highest BCUT2D eigenvalue weighted by atomic mass is 16.2. The summed E-state index contributed by atoms with van der Waals surface area (Å²) in [6.45, 7) is 3.73. The normalized spacial score (nSPS) is 28.3. The van der Waals surface area contributed by atoms with E-state index in [1.807, 2.05) is 6.07 Å². The number of Topliss-reactive ketones (excluding diaryl/α,β-unsaturated/α-hetero) is 1. The summed E-state index contributed by atoms with van der Waals surface area (Å²) in [5, 5.41) is 0. The Kier molecular flexibility index (Phi) is 4.57. The molecule has 0 spiro atoms. The standard InChI is InChI=1S/C26H29NO2/c1-16-8-12-20(13-9-16)27-24-7-5-3-4-6-21-22-14-18(17(2)28)10-11-19(22)15-23(25(21)24)26(27)29/h8-14,21,23-25H,3-7,15H2,1-2H3. The highest BCUT2D eigenvalue weighted by Crippen LogP contribution is 2.52. The van der Waals surface area contributed by atoms with Crippen LogP contribution >= 0.6 is 0 Å². The van der Waals surface area contributed by atoms with Crippen molar-refractivity contribution >= 4 is 17.4 Å². The van der Waals surface area contributed by atoms with Crippen LogP contribution in [0.3, 0.4) is 0 Å². The summed E-state index contributed by atoms with van der Waals surface area (Å²) in [4.78, 5) is 27.8. The zero-order chi connectivity index (χ0) is 20.1. The minimum Gasteiger partial charge on any atom is -0.309 e. The van der Waals surface area contributed by atoms with E-state index in [1.165, 1.54) is 36.0 Å². The van der Waals surface area contributed by atoms with Crippen molar-refractivity contribution in [3.63, 3.8) is 0 Å². The summed E-state index contributed by atoms with van der Waals surface area (Å²) in [5.41, 5.74) is 5.69. The van der Waals surface area contributed by atoms with Gasteiger partial charge in [-0.1, -0.05) is 49.1 Å². The van der Waals surface area contributed by atoms with Crippen LogP contribution in [0.5, 0.6) is 0 Å². The molecule has 3 nitrogen and oxygen atoms in total. The van der Waals surface area contributed by atoms with Gasteiger partial charge in [-0.25, -0.2) is 0 Å². The molecule has 1 amide bonds. The van der Waals surface area contributed by atoms with Crippen molar-refractivity contribution in [2.45, 2.75) is 64.3 Å². The van der Waals surface area contributed by atoms with Crippen LogP contribution < -0.4 is 4.90 Å². The first-order valence-corrected chi connectivity index (χ1v) is 11.1. The van der Waals surface area contributed by atoms with E-state index in [0.29, 0.717) is 17.7 Å². The van der Waals surface area contributed by atoms with Gasteiger partial charge in [0.2, 0.25) is 5.91 Å². The Bertz CT molecular complexity index is 961. The maximum absolute atomic E-state index is 13.6. The maximum Gasteiger partial charge on any atom is 0.231 e. The SMILES string of the molecule is CC(=O)c1ccc2c(c1)C1CCCCCC3C1C(C2)C(=O)N3c1ccc(C)cc1. The molecule has 2 fully saturated rings. The first-order valence-electron chi connectivity index (χ1n) is 11.1. The summed E-state index contributed by atoms with van der Waals surface area (Å²) in [6, 6.07) is 14.9. The molecule has 0 bridgehead atoms. The fraction of sp³-hybridized carbons (Fsp3) is 0.462. The summed E-state index contributed by atoms with van der Waals surface area (Å²) in [7, 11) is 0. The number of carbonyl (C=O) groups excluding carboxylic acids is 2. The van der Waals surface area contributed by atoms with Gasteiger partial charge in [-0.15, -0.1) is 0 Å². The molecule has 2 aliphatic carbocycles. The highest BCUT2D eigenvalue weighted by Gasteiger charge is 2.53. The molecular formula is C26H29NO2. The topological polar surface area (TPSA) is 37.4 Å². The lowest BCUT2D eigenvalue weighted by molar-refractivity contribution is -0.121. The first kappa shape index (κ1) is 18.6. The van der Waals surface area contributed by atoms with E-state index in [1.54, 1.807) is 6.92 Å². The van der Waals surface area contributed by atoms with Crippen molar-refractivity contribution in [3.8, 4) is 0 Å². The Morgan fingerprint density at radius 1 is 0.966 bits per heavy atom. The predicted octanol–water partition coefficient (Wildman–Crippen LogP) is 5.45. The monoisotopic (exact) mass is 387 g/mol. The first-order chi connectivity index (χ1) is 14.0. The van der Waals surface area contributed by atoms with Gasteiger partial charge in [-0.05, 0) is 74.3 Å². The fourth-order valence-corrected chi connectivity index (χ4v) is 6.10. The molecule has 29 heavy (non-hydrogen) atoms. The van der Waals surface area contributed by atoms with Crippen molar-refractivity contribution in [1.82, 2.24) is 0 Å². The second-order valence-electron chi connectivity index (χ2n) is 9.21. The molecule has 1 saturated heterocycles. The van der Waals surface area contributed by atoms with Gasteiger partial charge in [0.15, 0.2) is 5.78 Å². The molecular weight excluding hydrogens is 358 g/mol. The molecule has 3 heteroatoms. The fourth-order valence-electron chi connectivity index (χ4n) is 6.10. The van der Waals surface area contributed by atoms with Gasteiger partial charge in [-0.2, -0.15) is 0 Å². The number of hydrogen-bond donors (Lipinski definition) is 0. The van der Waals surface area contributed by atoms with E-state index in [9.17, 15) is 9.59 Å². The number of benzene rings is 2. The number of rotatable bonds is 2. The molecule has 2 aromatic carbocycles. The zero-order valence-corrected chi connectivity index (χ0v) is 17.4. The quantitative estimate of drug-likeness (QED) is 0.643. The minimum absolute atomic E-state index is 0.0695. The van der Waals surface area contributed by atoms with Crippen LogP contribution in [-0.2, 0) is 11.2 Å². The number of anilines is 1. The van der Waals surface area contributed by atoms with E-state index in [0.717, 1.165) is 30.5 Å². The van der Waals surface area contributed by atoms with Gasteiger partial charge in [0.1, 0.15) is 0 Å². The molecule has 1 saturated carbocycles. The number of carbonyl (C=O) groups is 2. The van der Waals surface area contributed by atoms with Crippen molar-refractivity contribution in [3.05, 3.63) is 64.7 Å². The summed E-state index contributed by atoms with van der Waals surface area (Å²) in [6.07, 6.45) is 6.65. The summed E-state index contributed by atoms with van der Waals surface area (Å²) < 4.78 is 0. The third-order valence-corrected chi connectivity index (χ3v) is 7.48. The van der Waals surface area contributed by atoms with Crippen LogP contribution in [0.4, 0.5) is 5.69 Å². The van der Waals surface area contributed by atoms with Crippen molar-refractivity contribution in [2.24, 2.45) is 11.8 Å². The van der Waals surface area contributed by atoms with Crippen molar-refractivity contribution in [2.75, 3.05) is 4.90 Å². The van der Waals surface area contributed by atoms with Gasteiger partial charge in [-0.3, -0.25) is 9.59 Å². The average Bonchev–Trinajstić information content (AvgIpc) is 2.96. The molecule has 150 valence electrons. The molecule has 0 radical (unpaired) electrons.